The second kappa shape index (κ2) is 9.79. The highest BCUT2D eigenvalue weighted by atomic mass is 32.1. The highest BCUT2D eigenvalue weighted by molar-refractivity contribution is 7.09. The number of thiazole rings is 1. The molecule has 2 aromatic carbocycles. The average molecular weight is 513 g/mol. The summed E-state index contributed by atoms with van der Waals surface area (Å²) in [6.07, 6.45) is 8.49. The van der Waals surface area contributed by atoms with E-state index in [0.29, 0.717) is 6.54 Å². The Kier molecular flexibility index (Phi) is 6.02. The highest BCUT2D eigenvalue weighted by Gasteiger charge is 2.26. The van der Waals surface area contributed by atoms with Crippen molar-refractivity contribution in [2.75, 3.05) is 36.4 Å². The number of anilines is 2. The van der Waals surface area contributed by atoms with Crippen molar-refractivity contribution in [2.45, 2.75) is 44.7 Å². The predicted octanol–water partition coefficient (Wildman–Crippen LogP) is 5.63. The number of benzene rings is 2. The first-order valence-corrected chi connectivity index (χ1v) is 14.3. The maximum absolute atomic E-state index is 4.89. The fourth-order valence-electron chi connectivity index (χ4n) is 5.90. The number of rotatable bonds is 6. The molecule has 2 fully saturated rings. The van der Waals surface area contributed by atoms with Crippen molar-refractivity contribution >= 4 is 44.6 Å². The fraction of sp³-hybridized carbons (Fsp3) is 0.393. The van der Waals surface area contributed by atoms with Gasteiger partial charge in [-0.15, -0.1) is 11.3 Å². The van der Waals surface area contributed by atoms with Gasteiger partial charge in [-0.2, -0.15) is 5.10 Å². The van der Waals surface area contributed by atoms with E-state index in [1.807, 2.05) is 11.6 Å². The Hall–Kier alpha value is -3.43. The van der Waals surface area contributed by atoms with E-state index in [-0.39, 0.29) is 0 Å². The molecule has 7 rings (SSSR count). The molecule has 0 unspecified atom stereocenters. The van der Waals surface area contributed by atoms with Gasteiger partial charge < -0.3 is 20.1 Å². The molecule has 37 heavy (non-hydrogen) atoms. The summed E-state index contributed by atoms with van der Waals surface area (Å²) in [6, 6.07) is 13.6. The monoisotopic (exact) mass is 512 g/mol. The Balaban J connectivity index is 1.09. The second-order valence-corrected chi connectivity index (χ2v) is 11.2. The number of piperidine rings is 2. The van der Waals surface area contributed by atoms with Crippen LogP contribution >= 0.6 is 11.3 Å². The summed E-state index contributed by atoms with van der Waals surface area (Å²) in [7, 11) is 0. The molecule has 3 aromatic heterocycles. The molecule has 0 saturated carbocycles. The van der Waals surface area contributed by atoms with Gasteiger partial charge in [0.15, 0.2) is 5.82 Å². The van der Waals surface area contributed by atoms with Gasteiger partial charge in [0, 0.05) is 47.5 Å². The number of fused-ring (bicyclic) bond motifs is 2. The molecule has 0 aliphatic carbocycles. The molecule has 0 spiro atoms. The number of H-pyrrole nitrogens is 2. The van der Waals surface area contributed by atoms with Crippen molar-refractivity contribution in [1.29, 1.82) is 0 Å². The van der Waals surface area contributed by atoms with Crippen LogP contribution in [0, 0.1) is 0 Å². The second-order valence-electron chi connectivity index (χ2n) is 10.2. The quantitative estimate of drug-likeness (QED) is 0.273. The molecular weight excluding hydrogens is 480 g/mol. The van der Waals surface area contributed by atoms with E-state index in [1.165, 1.54) is 50.9 Å². The maximum Gasteiger partial charge on any atom is 0.159 e. The average Bonchev–Trinajstić information content (AvgIpc) is 3.71. The van der Waals surface area contributed by atoms with Gasteiger partial charge in [0.1, 0.15) is 10.7 Å². The minimum absolute atomic E-state index is 0.707. The van der Waals surface area contributed by atoms with Gasteiger partial charge in [0.05, 0.1) is 23.1 Å². The molecule has 5 aromatic rings. The van der Waals surface area contributed by atoms with E-state index < -0.39 is 0 Å². The standard InChI is InChI=1S/C28H32N8S/c1-2-11-35(12-3-1)20-8-13-36(14-9-20)21-5-7-24-25(17-21)32-28(31-24)27-22-16-19(4-6-23(22)33-34-27)30-18-26-29-10-15-37-26/h4-7,10,15-17,20,30H,1-3,8-9,11-14,18H2,(H,31,32)(H,33,34). The number of nitrogens with one attached hydrogen (secondary N) is 3. The number of nitrogens with zero attached hydrogens (tertiary/aromatic N) is 5. The molecule has 8 nitrogen and oxygen atoms in total. The minimum Gasteiger partial charge on any atom is -0.379 e. The summed E-state index contributed by atoms with van der Waals surface area (Å²) in [6.45, 7) is 5.53. The smallest absolute Gasteiger partial charge is 0.159 e. The SMILES string of the molecule is c1csc(CNc2ccc3[nH]nc(-c4nc5ccc(N6CCC(N7CCCCC7)CC6)cc5[nH]4)c3c2)n1. The van der Waals surface area contributed by atoms with Gasteiger partial charge in [0.25, 0.3) is 0 Å². The first-order valence-electron chi connectivity index (χ1n) is 13.4. The molecule has 0 radical (unpaired) electrons. The third kappa shape index (κ3) is 4.57. The third-order valence-electron chi connectivity index (χ3n) is 7.92. The lowest BCUT2D eigenvalue weighted by Crippen LogP contribution is -2.46. The summed E-state index contributed by atoms with van der Waals surface area (Å²) in [4.78, 5) is 18.1. The maximum atomic E-state index is 4.89. The van der Waals surface area contributed by atoms with E-state index in [2.05, 4.69) is 71.7 Å². The van der Waals surface area contributed by atoms with E-state index in [9.17, 15) is 0 Å². The van der Waals surface area contributed by atoms with Crippen molar-refractivity contribution in [1.82, 2.24) is 30.0 Å². The van der Waals surface area contributed by atoms with Crippen LogP contribution in [0.4, 0.5) is 11.4 Å². The Morgan fingerprint density at radius 1 is 0.973 bits per heavy atom. The zero-order chi connectivity index (χ0) is 24.6. The van der Waals surface area contributed by atoms with Crippen molar-refractivity contribution in [3.05, 3.63) is 53.0 Å². The van der Waals surface area contributed by atoms with Crippen LogP contribution in [-0.2, 0) is 6.54 Å². The molecule has 0 atom stereocenters. The highest BCUT2D eigenvalue weighted by Crippen LogP contribution is 2.31. The Morgan fingerprint density at radius 3 is 2.70 bits per heavy atom. The van der Waals surface area contributed by atoms with E-state index in [0.717, 1.165) is 63.3 Å². The summed E-state index contributed by atoms with van der Waals surface area (Å²) in [5, 5.41) is 15.3. The molecule has 190 valence electrons. The Labute approximate surface area is 220 Å². The van der Waals surface area contributed by atoms with Crippen LogP contribution < -0.4 is 10.2 Å². The van der Waals surface area contributed by atoms with Crippen molar-refractivity contribution < 1.29 is 0 Å². The summed E-state index contributed by atoms with van der Waals surface area (Å²) < 4.78 is 0. The van der Waals surface area contributed by atoms with E-state index in [1.54, 1.807) is 11.3 Å². The van der Waals surface area contributed by atoms with Gasteiger partial charge in [0.2, 0.25) is 0 Å². The molecule has 9 heteroatoms. The number of aromatic amines is 2. The molecule has 0 bridgehead atoms. The Bertz CT molecular complexity index is 1490. The third-order valence-corrected chi connectivity index (χ3v) is 8.70. The van der Waals surface area contributed by atoms with Crippen molar-refractivity contribution in [2.24, 2.45) is 0 Å². The van der Waals surface area contributed by atoms with Crippen LogP contribution in [0.15, 0.2) is 48.0 Å². The predicted molar refractivity (Wildman–Crippen MR) is 151 cm³/mol. The largest absolute Gasteiger partial charge is 0.379 e. The summed E-state index contributed by atoms with van der Waals surface area (Å²) in [5.41, 5.74) is 6.17. The van der Waals surface area contributed by atoms with Crippen LogP contribution in [0.1, 0.15) is 37.1 Å². The zero-order valence-corrected chi connectivity index (χ0v) is 21.7. The molecule has 5 heterocycles. The van der Waals surface area contributed by atoms with E-state index >= 15 is 0 Å². The topological polar surface area (TPSA) is 88.8 Å². The molecule has 2 aliphatic heterocycles. The molecule has 0 amide bonds. The lowest BCUT2D eigenvalue weighted by Gasteiger charge is -2.41. The van der Waals surface area contributed by atoms with Gasteiger partial charge in [-0.1, -0.05) is 6.42 Å². The van der Waals surface area contributed by atoms with Gasteiger partial charge in [-0.05, 0) is 75.2 Å². The molecule has 3 N–H and O–H groups in total. The van der Waals surface area contributed by atoms with Crippen LogP contribution in [0.25, 0.3) is 33.5 Å². The minimum atomic E-state index is 0.707. The normalized spacial score (nSPS) is 17.7. The number of imidazole rings is 1. The summed E-state index contributed by atoms with van der Waals surface area (Å²) >= 11 is 1.65. The number of likely N-dealkylation sites (tertiary alicyclic amines) is 1. The molecule has 2 saturated heterocycles. The number of aromatic nitrogens is 5. The van der Waals surface area contributed by atoms with Crippen LogP contribution in [-0.4, -0.2) is 62.3 Å². The van der Waals surface area contributed by atoms with Crippen molar-refractivity contribution in [3.8, 4) is 11.5 Å². The first kappa shape index (κ1) is 22.7. The lowest BCUT2D eigenvalue weighted by molar-refractivity contribution is 0.141. The zero-order valence-electron chi connectivity index (χ0n) is 20.9. The molecular formula is C28H32N8S. The van der Waals surface area contributed by atoms with E-state index in [4.69, 9.17) is 4.98 Å². The fourth-order valence-corrected chi connectivity index (χ4v) is 6.46. The molecule has 2 aliphatic rings. The summed E-state index contributed by atoms with van der Waals surface area (Å²) in [5.74, 6) is 0.791. The van der Waals surface area contributed by atoms with Crippen LogP contribution in [0.2, 0.25) is 0 Å². The van der Waals surface area contributed by atoms with Crippen molar-refractivity contribution in [3.63, 3.8) is 0 Å². The number of hydrogen-bond donors (Lipinski definition) is 3. The van der Waals surface area contributed by atoms with Gasteiger partial charge >= 0.3 is 0 Å². The van der Waals surface area contributed by atoms with Gasteiger partial charge in [-0.3, -0.25) is 5.10 Å². The lowest BCUT2D eigenvalue weighted by atomic mass is 9.99. The number of hydrogen-bond acceptors (Lipinski definition) is 7. The Morgan fingerprint density at radius 2 is 1.86 bits per heavy atom. The van der Waals surface area contributed by atoms with Crippen LogP contribution in [0.3, 0.4) is 0 Å². The van der Waals surface area contributed by atoms with Gasteiger partial charge in [-0.25, -0.2) is 9.97 Å². The first-order chi connectivity index (χ1) is 18.3. The van der Waals surface area contributed by atoms with Crippen LogP contribution in [0.5, 0.6) is 0 Å².